The number of carboxylic acid groups (broad SMARTS) is 8. The van der Waals surface area contributed by atoms with Gasteiger partial charge < -0.3 is 50.3 Å². The lowest BCUT2D eigenvalue weighted by molar-refractivity contribution is -0.204. The zero-order valence-electron chi connectivity index (χ0n) is 28.2. The second kappa shape index (κ2) is 15.4. The summed E-state index contributed by atoms with van der Waals surface area (Å²) >= 11 is 0. The summed E-state index contributed by atoms with van der Waals surface area (Å²) in [5.74, 6) is -45.5. The minimum atomic E-state index is -6.46. The van der Waals surface area contributed by atoms with Gasteiger partial charge in [-0.1, -0.05) is 12.1 Å². The van der Waals surface area contributed by atoms with Crippen LogP contribution < -0.4 is 9.47 Å². The monoisotopic (exact) mass is 840 g/mol. The number of carbonyl (C=O) groups is 8. The second-order valence-corrected chi connectivity index (χ2v) is 11.6. The van der Waals surface area contributed by atoms with E-state index >= 15 is 26.3 Å². The molecule has 0 saturated carbocycles. The maximum atomic E-state index is 16.5. The van der Waals surface area contributed by atoms with Gasteiger partial charge in [0, 0.05) is 5.56 Å². The second-order valence-electron chi connectivity index (χ2n) is 11.6. The summed E-state index contributed by atoms with van der Waals surface area (Å²) in [6.07, 6.45) is 0. The minimum absolute atomic E-state index is 0.00395. The van der Waals surface area contributed by atoms with Gasteiger partial charge in [-0.3, -0.25) is 14.4 Å². The molecule has 1 unspecified atom stereocenters. The van der Waals surface area contributed by atoms with Crippen molar-refractivity contribution in [3.8, 4) is 23.0 Å². The van der Waals surface area contributed by atoms with E-state index in [1.807, 2.05) is 0 Å². The third-order valence-electron chi connectivity index (χ3n) is 8.51. The van der Waals surface area contributed by atoms with Crippen LogP contribution >= 0.6 is 0 Å². The predicted octanol–water partition coefficient (Wildman–Crippen LogP) is 4.87. The van der Waals surface area contributed by atoms with E-state index in [4.69, 9.17) is 4.74 Å². The van der Waals surface area contributed by atoms with Crippen molar-refractivity contribution in [3.05, 3.63) is 117 Å². The first kappa shape index (κ1) is 43.5. The molecule has 24 heteroatoms. The number of alkyl halides is 2. The summed E-state index contributed by atoms with van der Waals surface area (Å²) in [6.45, 7) is 0. The van der Waals surface area contributed by atoms with Crippen LogP contribution in [0.5, 0.6) is 23.0 Å². The highest BCUT2D eigenvalue weighted by Crippen LogP contribution is 2.60. The van der Waals surface area contributed by atoms with Gasteiger partial charge in [0.25, 0.3) is 5.41 Å². The van der Waals surface area contributed by atoms with Gasteiger partial charge >= 0.3 is 53.7 Å². The maximum absolute atomic E-state index is 16.5. The fourth-order valence-electron chi connectivity index (χ4n) is 6.00. The topological polar surface area (TPSA) is 317 Å². The van der Waals surface area contributed by atoms with E-state index in [0.29, 0.717) is 36.4 Å². The highest BCUT2D eigenvalue weighted by molar-refractivity contribution is 6.19. The Morgan fingerprint density at radius 1 is 0.441 bits per heavy atom. The number of hydrogen-bond acceptors (Lipinski definition) is 10. The van der Waals surface area contributed by atoms with Gasteiger partial charge in [-0.2, -0.15) is 17.6 Å². The molecule has 4 rings (SSSR count). The van der Waals surface area contributed by atoms with Crippen LogP contribution in [-0.4, -0.2) is 94.5 Å². The minimum Gasteiger partial charge on any atom is -0.480 e. The number of rotatable bonds is 16. The van der Waals surface area contributed by atoms with Gasteiger partial charge in [-0.25, -0.2) is 32.8 Å². The molecule has 4 aromatic rings. The molecule has 0 bridgehead atoms. The number of halogens is 6. The van der Waals surface area contributed by atoms with Crippen LogP contribution in [0.25, 0.3) is 0 Å². The molecule has 18 nitrogen and oxygen atoms in total. The number of hydrogen-bond donors (Lipinski definition) is 8. The van der Waals surface area contributed by atoms with Crippen molar-refractivity contribution in [2.24, 2.45) is 5.41 Å². The summed E-state index contributed by atoms with van der Waals surface area (Å²) in [5, 5.41) is 77.1. The number of ether oxygens (including phenoxy) is 2. The van der Waals surface area contributed by atoms with Crippen molar-refractivity contribution >= 4 is 47.8 Å². The molecule has 0 spiro atoms. The molecule has 0 amide bonds. The Morgan fingerprint density at radius 2 is 0.797 bits per heavy atom. The van der Waals surface area contributed by atoms with Crippen LogP contribution in [0.4, 0.5) is 26.3 Å². The van der Waals surface area contributed by atoms with Crippen molar-refractivity contribution in [3.63, 3.8) is 0 Å². The van der Waals surface area contributed by atoms with Crippen molar-refractivity contribution in [2.45, 2.75) is 11.3 Å². The zero-order valence-corrected chi connectivity index (χ0v) is 28.2. The van der Waals surface area contributed by atoms with Gasteiger partial charge in [0.2, 0.25) is 17.4 Å². The van der Waals surface area contributed by atoms with E-state index in [0.717, 1.165) is 6.07 Å². The summed E-state index contributed by atoms with van der Waals surface area (Å²) < 4.78 is 108. The van der Waals surface area contributed by atoms with Gasteiger partial charge in [-0.05, 0) is 54.1 Å². The molecule has 308 valence electrons. The third-order valence-corrected chi connectivity index (χ3v) is 8.51. The normalized spacial score (nSPS) is 12.4. The zero-order chi connectivity index (χ0) is 44.7. The average molecular weight is 840 g/mol. The SMILES string of the molecule is O=C(O)c1ccc(Oc2ccc(C(c3c(F)c(F)c(Oc4ccc(C(=O)O)c(C(=O)O)c4)c(F)c3F)(C(F)(F)C(=O)O)C(C(=O)O)(C(=O)O)C(=O)O)cc2)cc1C(=O)O. The van der Waals surface area contributed by atoms with Gasteiger partial charge in [0.1, 0.15) is 22.7 Å². The fraction of sp³-hybridized carbons (Fsp3) is 0.0857. The lowest BCUT2D eigenvalue weighted by Gasteiger charge is -2.46. The lowest BCUT2D eigenvalue weighted by Crippen LogP contribution is -2.70. The molecule has 0 aliphatic carbocycles. The number of carboxylic acids is 8. The molecule has 1 atom stereocenters. The molecule has 0 aliphatic heterocycles. The predicted molar refractivity (Wildman–Crippen MR) is 172 cm³/mol. The molecular weight excluding hydrogens is 822 g/mol. The number of benzene rings is 4. The molecule has 59 heavy (non-hydrogen) atoms. The quantitative estimate of drug-likeness (QED) is 0.0424. The smallest absolute Gasteiger partial charge is 0.376 e. The molecule has 4 aromatic carbocycles. The lowest BCUT2D eigenvalue weighted by atomic mass is 9.52. The largest absolute Gasteiger partial charge is 0.480 e. The van der Waals surface area contributed by atoms with Crippen LogP contribution in [0.3, 0.4) is 0 Å². The molecular formula is C35H18F6O18. The van der Waals surface area contributed by atoms with Crippen LogP contribution in [0.2, 0.25) is 0 Å². The van der Waals surface area contributed by atoms with E-state index in [2.05, 4.69) is 4.74 Å². The first-order chi connectivity index (χ1) is 27.3. The highest BCUT2D eigenvalue weighted by atomic mass is 19.3. The summed E-state index contributed by atoms with van der Waals surface area (Å²) in [6, 6.07) is 4.03. The van der Waals surface area contributed by atoms with E-state index in [-0.39, 0.29) is 18.2 Å². The molecule has 0 aromatic heterocycles. The summed E-state index contributed by atoms with van der Waals surface area (Å²) in [7, 11) is 0. The average Bonchev–Trinajstić information content (AvgIpc) is 3.14. The van der Waals surface area contributed by atoms with E-state index in [1.165, 1.54) is 0 Å². The Hall–Kier alpha value is -8.18. The standard InChI is InChI=1S/C35H18F6O18/c36-20-19(21(37)23(39)24(22(20)38)59-14-6-8-16(26(44)45)18(10-14)28(48)49)34(35(40,41)32(56)57,33(29(50)51,30(52)53)31(54)55)11-1-3-12(4-2-11)58-13-5-7-15(25(42)43)17(9-13)27(46)47/h1-10H,(H,42,43)(H,44,45)(H,46,47)(H,48,49)(H,50,51)(H,52,53)(H,54,55)(H,56,57). The van der Waals surface area contributed by atoms with Crippen LogP contribution in [0.15, 0.2) is 60.7 Å². The highest BCUT2D eigenvalue weighted by Gasteiger charge is 2.82. The molecule has 0 heterocycles. The fourth-order valence-corrected chi connectivity index (χ4v) is 6.00. The summed E-state index contributed by atoms with van der Waals surface area (Å²) in [4.78, 5) is 96.4. The van der Waals surface area contributed by atoms with Crippen LogP contribution in [-0.2, 0) is 24.6 Å². The number of aromatic carboxylic acids is 4. The molecule has 0 fully saturated rings. The van der Waals surface area contributed by atoms with E-state index in [1.54, 1.807) is 0 Å². The molecule has 0 saturated heterocycles. The van der Waals surface area contributed by atoms with Crippen molar-refractivity contribution in [2.75, 3.05) is 0 Å². The Kier molecular flexibility index (Phi) is 11.4. The molecule has 8 N–H and O–H groups in total. The first-order valence-corrected chi connectivity index (χ1v) is 15.2. The Balaban J connectivity index is 2.14. The van der Waals surface area contributed by atoms with Crippen LogP contribution in [0.1, 0.15) is 52.6 Å². The number of aliphatic carboxylic acids is 4. The van der Waals surface area contributed by atoms with E-state index < -0.39 is 144 Å². The first-order valence-electron chi connectivity index (χ1n) is 15.2. The van der Waals surface area contributed by atoms with Crippen LogP contribution in [0, 0.1) is 28.7 Å². The summed E-state index contributed by atoms with van der Waals surface area (Å²) in [5.41, 5.74) is -20.2. The van der Waals surface area contributed by atoms with Crippen molar-refractivity contribution in [1.29, 1.82) is 0 Å². The molecule has 0 radical (unpaired) electrons. The Morgan fingerprint density at radius 3 is 1.14 bits per heavy atom. The Bertz CT molecular complexity index is 2450. The van der Waals surface area contributed by atoms with Gasteiger partial charge in [0.15, 0.2) is 11.6 Å². The van der Waals surface area contributed by atoms with Gasteiger partial charge in [-0.15, -0.1) is 0 Å². The third kappa shape index (κ3) is 6.76. The van der Waals surface area contributed by atoms with Gasteiger partial charge in [0.05, 0.1) is 22.3 Å². The Labute approximate surface area is 319 Å². The maximum Gasteiger partial charge on any atom is 0.376 e. The molecule has 0 aliphatic rings. The van der Waals surface area contributed by atoms with Crippen molar-refractivity contribution < 1.29 is 115 Å². The van der Waals surface area contributed by atoms with Crippen molar-refractivity contribution in [1.82, 2.24) is 0 Å². The van der Waals surface area contributed by atoms with E-state index in [9.17, 15) is 79.2 Å².